The van der Waals surface area contributed by atoms with E-state index in [1.54, 1.807) is 36.2 Å². The predicted molar refractivity (Wildman–Crippen MR) is 78.1 cm³/mol. The molecule has 3 nitrogen and oxygen atoms in total. The van der Waals surface area contributed by atoms with Crippen molar-refractivity contribution in [3.63, 3.8) is 0 Å². The summed E-state index contributed by atoms with van der Waals surface area (Å²) >= 11 is 0. The second-order valence-electron chi connectivity index (χ2n) is 4.69. The van der Waals surface area contributed by atoms with Crippen molar-refractivity contribution >= 4 is 5.91 Å². The van der Waals surface area contributed by atoms with Crippen LogP contribution in [0.15, 0.2) is 54.6 Å². The third-order valence-corrected chi connectivity index (χ3v) is 3.44. The van der Waals surface area contributed by atoms with Gasteiger partial charge in [-0.1, -0.05) is 30.3 Å². The number of hydrogen-bond acceptors (Lipinski definition) is 2. The van der Waals surface area contributed by atoms with Crippen LogP contribution in [0.5, 0.6) is 0 Å². The van der Waals surface area contributed by atoms with Crippen LogP contribution >= 0.6 is 0 Å². The van der Waals surface area contributed by atoms with Gasteiger partial charge in [0.05, 0.1) is 17.7 Å². The van der Waals surface area contributed by atoms with Crippen molar-refractivity contribution in [2.75, 3.05) is 7.05 Å². The van der Waals surface area contributed by atoms with Crippen molar-refractivity contribution in [3.8, 4) is 6.07 Å². The van der Waals surface area contributed by atoms with E-state index in [-0.39, 0.29) is 11.9 Å². The van der Waals surface area contributed by atoms with Crippen molar-refractivity contribution < 1.29 is 4.79 Å². The molecular formula is C17H16N2O. The minimum Gasteiger partial charge on any atom is -0.335 e. The molecule has 0 bridgehead atoms. The molecule has 0 fully saturated rings. The van der Waals surface area contributed by atoms with E-state index < -0.39 is 0 Å². The Morgan fingerprint density at radius 1 is 1.10 bits per heavy atom. The molecule has 0 radical (unpaired) electrons. The molecule has 0 aromatic heterocycles. The molecule has 100 valence electrons. The molecule has 20 heavy (non-hydrogen) atoms. The van der Waals surface area contributed by atoms with Crippen LogP contribution in [-0.4, -0.2) is 17.9 Å². The minimum atomic E-state index is -0.0501. The Morgan fingerprint density at radius 3 is 2.25 bits per heavy atom. The van der Waals surface area contributed by atoms with Crippen molar-refractivity contribution in [2.24, 2.45) is 0 Å². The van der Waals surface area contributed by atoms with E-state index in [0.29, 0.717) is 11.1 Å². The molecule has 1 amide bonds. The molecule has 0 heterocycles. The van der Waals surface area contributed by atoms with Crippen LogP contribution in [0.3, 0.4) is 0 Å². The maximum atomic E-state index is 12.4. The molecule has 0 unspecified atom stereocenters. The number of hydrogen-bond donors (Lipinski definition) is 0. The van der Waals surface area contributed by atoms with E-state index in [1.165, 1.54) is 0 Å². The molecule has 0 aliphatic rings. The maximum absolute atomic E-state index is 12.4. The fraction of sp³-hybridized carbons (Fsp3) is 0.176. The molecule has 0 saturated heterocycles. The summed E-state index contributed by atoms with van der Waals surface area (Å²) in [7, 11) is 1.79. The zero-order valence-corrected chi connectivity index (χ0v) is 11.6. The number of rotatable bonds is 3. The molecule has 1 atom stereocenters. The molecule has 3 heteroatoms. The Hall–Kier alpha value is -2.60. The van der Waals surface area contributed by atoms with Gasteiger partial charge in [-0.2, -0.15) is 5.26 Å². The summed E-state index contributed by atoms with van der Waals surface area (Å²) in [5, 5.41) is 8.77. The number of carbonyl (C=O) groups is 1. The second-order valence-corrected chi connectivity index (χ2v) is 4.69. The van der Waals surface area contributed by atoms with E-state index in [4.69, 9.17) is 5.26 Å². The smallest absolute Gasteiger partial charge is 0.254 e. The zero-order valence-electron chi connectivity index (χ0n) is 11.6. The fourth-order valence-electron chi connectivity index (χ4n) is 2.02. The van der Waals surface area contributed by atoms with Crippen molar-refractivity contribution in [3.05, 3.63) is 71.3 Å². The Balaban J connectivity index is 2.18. The fourth-order valence-corrected chi connectivity index (χ4v) is 2.02. The molecule has 0 saturated carbocycles. The first-order valence-corrected chi connectivity index (χ1v) is 6.45. The van der Waals surface area contributed by atoms with E-state index in [1.807, 2.05) is 43.3 Å². The van der Waals surface area contributed by atoms with Crippen LogP contribution in [0.2, 0.25) is 0 Å². The molecule has 0 N–H and O–H groups in total. The third kappa shape index (κ3) is 2.86. The molecule has 2 aromatic carbocycles. The normalized spacial score (nSPS) is 11.4. The van der Waals surface area contributed by atoms with Crippen LogP contribution in [0.1, 0.15) is 34.5 Å². The van der Waals surface area contributed by atoms with Gasteiger partial charge in [0.15, 0.2) is 0 Å². The highest BCUT2D eigenvalue weighted by atomic mass is 16.2. The van der Waals surface area contributed by atoms with Gasteiger partial charge in [0.2, 0.25) is 0 Å². The summed E-state index contributed by atoms with van der Waals surface area (Å²) in [6.45, 7) is 2.00. The summed E-state index contributed by atoms with van der Waals surface area (Å²) in [4.78, 5) is 14.1. The average molecular weight is 264 g/mol. The lowest BCUT2D eigenvalue weighted by Gasteiger charge is -2.25. The van der Waals surface area contributed by atoms with Gasteiger partial charge in [0, 0.05) is 12.6 Å². The third-order valence-electron chi connectivity index (χ3n) is 3.44. The van der Waals surface area contributed by atoms with Gasteiger partial charge in [-0.05, 0) is 36.8 Å². The highest BCUT2D eigenvalue weighted by Crippen LogP contribution is 2.20. The number of benzene rings is 2. The number of carbonyl (C=O) groups excluding carboxylic acids is 1. The summed E-state index contributed by atoms with van der Waals surface area (Å²) in [6, 6.07) is 18.6. The first-order valence-electron chi connectivity index (χ1n) is 6.45. The Bertz CT molecular complexity index is 626. The van der Waals surface area contributed by atoms with Crippen LogP contribution in [-0.2, 0) is 0 Å². The van der Waals surface area contributed by atoms with E-state index in [0.717, 1.165) is 5.56 Å². The van der Waals surface area contributed by atoms with Gasteiger partial charge >= 0.3 is 0 Å². The lowest BCUT2D eigenvalue weighted by Crippen LogP contribution is -2.29. The summed E-state index contributed by atoms with van der Waals surface area (Å²) in [5.41, 5.74) is 2.24. The average Bonchev–Trinajstić information content (AvgIpc) is 2.53. The first-order chi connectivity index (χ1) is 9.63. The van der Waals surface area contributed by atoms with Gasteiger partial charge in [-0.25, -0.2) is 0 Å². The number of nitrogens with zero attached hydrogens (tertiary/aromatic N) is 2. The van der Waals surface area contributed by atoms with Crippen molar-refractivity contribution in [1.82, 2.24) is 4.90 Å². The minimum absolute atomic E-state index is 0.000608. The van der Waals surface area contributed by atoms with Gasteiger partial charge in [0.25, 0.3) is 5.91 Å². The quantitative estimate of drug-likeness (QED) is 0.852. The van der Waals surface area contributed by atoms with Crippen LogP contribution in [0, 0.1) is 11.3 Å². The monoisotopic (exact) mass is 264 g/mol. The molecule has 2 aromatic rings. The van der Waals surface area contributed by atoms with Gasteiger partial charge in [-0.15, -0.1) is 0 Å². The number of amides is 1. The van der Waals surface area contributed by atoms with Crippen molar-refractivity contribution in [1.29, 1.82) is 5.26 Å². The van der Waals surface area contributed by atoms with E-state index >= 15 is 0 Å². The molecule has 0 aliphatic carbocycles. The van der Waals surface area contributed by atoms with Gasteiger partial charge in [-0.3, -0.25) is 4.79 Å². The van der Waals surface area contributed by atoms with Gasteiger partial charge < -0.3 is 4.90 Å². The summed E-state index contributed by atoms with van der Waals surface area (Å²) < 4.78 is 0. The highest BCUT2D eigenvalue weighted by Gasteiger charge is 2.18. The van der Waals surface area contributed by atoms with E-state index in [2.05, 4.69) is 0 Å². The van der Waals surface area contributed by atoms with Crippen LogP contribution in [0.4, 0.5) is 0 Å². The molecule has 2 rings (SSSR count). The lowest BCUT2D eigenvalue weighted by molar-refractivity contribution is 0.0742. The highest BCUT2D eigenvalue weighted by molar-refractivity contribution is 5.94. The van der Waals surface area contributed by atoms with Crippen LogP contribution < -0.4 is 0 Å². The van der Waals surface area contributed by atoms with Crippen LogP contribution in [0.25, 0.3) is 0 Å². The second kappa shape index (κ2) is 6.03. The van der Waals surface area contributed by atoms with Crippen molar-refractivity contribution in [2.45, 2.75) is 13.0 Å². The first kappa shape index (κ1) is 13.8. The molecular weight excluding hydrogens is 248 g/mol. The predicted octanol–water partition coefficient (Wildman–Crippen LogP) is 3.39. The zero-order chi connectivity index (χ0) is 14.5. The number of nitriles is 1. The lowest BCUT2D eigenvalue weighted by atomic mass is 10.1. The molecule has 0 spiro atoms. The Kier molecular flexibility index (Phi) is 4.17. The summed E-state index contributed by atoms with van der Waals surface area (Å²) in [5.74, 6) is -0.0501. The molecule has 0 aliphatic heterocycles. The van der Waals surface area contributed by atoms with E-state index in [9.17, 15) is 4.79 Å². The largest absolute Gasteiger partial charge is 0.335 e. The maximum Gasteiger partial charge on any atom is 0.254 e. The Labute approximate surface area is 119 Å². The SMILES string of the molecule is C[C@H](c1ccccc1)N(C)C(=O)c1ccc(C#N)cc1. The standard InChI is InChI=1S/C17H16N2O/c1-13(15-6-4-3-5-7-15)19(2)17(20)16-10-8-14(12-18)9-11-16/h3-11,13H,1-2H3/t13-/m1/s1. The summed E-state index contributed by atoms with van der Waals surface area (Å²) in [6.07, 6.45) is 0. The topological polar surface area (TPSA) is 44.1 Å². The Morgan fingerprint density at radius 2 is 1.70 bits per heavy atom. The van der Waals surface area contributed by atoms with Gasteiger partial charge in [0.1, 0.15) is 0 Å².